The quantitative estimate of drug-likeness (QED) is 0.498. The maximum absolute atomic E-state index is 7.70. The first-order chi connectivity index (χ1) is 8.59. The van der Waals surface area contributed by atoms with Crippen molar-refractivity contribution in [3.05, 3.63) is 16.8 Å². The number of nitrogens with one attached hydrogen (secondary N) is 1. The van der Waals surface area contributed by atoms with Crippen molar-refractivity contribution in [2.24, 2.45) is 11.7 Å². The van der Waals surface area contributed by atoms with E-state index in [0.29, 0.717) is 0 Å². The lowest BCUT2D eigenvalue weighted by molar-refractivity contribution is 0.622. The Kier molecular flexibility index (Phi) is 4.22. The highest BCUT2D eigenvalue weighted by atomic mass is 32.2. The summed E-state index contributed by atoms with van der Waals surface area (Å²) >= 11 is 1.70. The van der Waals surface area contributed by atoms with Crippen LogP contribution in [0.25, 0.3) is 0 Å². The molecule has 0 amide bonds. The SMILES string of the molecule is Cc1nnc(SCC2CCCC2)c(C(=N)N)c1C. The summed E-state index contributed by atoms with van der Waals surface area (Å²) in [6.07, 6.45) is 5.34. The molecule has 4 nitrogen and oxygen atoms in total. The van der Waals surface area contributed by atoms with Crippen molar-refractivity contribution >= 4 is 17.6 Å². The van der Waals surface area contributed by atoms with Crippen molar-refractivity contribution in [2.75, 3.05) is 5.75 Å². The number of nitrogen functional groups attached to an aromatic ring is 1. The van der Waals surface area contributed by atoms with Crippen LogP contribution in [0.5, 0.6) is 0 Å². The number of thioether (sulfide) groups is 1. The van der Waals surface area contributed by atoms with Crippen molar-refractivity contribution in [2.45, 2.75) is 44.6 Å². The van der Waals surface area contributed by atoms with Gasteiger partial charge in [0.25, 0.3) is 0 Å². The number of aromatic nitrogens is 2. The molecule has 1 saturated carbocycles. The predicted octanol–water partition coefficient (Wildman–Crippen LogP) is 2.66. The molecule has 5 heteroatoms. The predicted molar refractivity (Wildman–Crippen MR) is 75.2 cm³/mol. The zero-order chi connectivity index (χ0) is 13.1. The molecule has 1 aromatic rings. The smallest absolute Gasteiger partial charge is 0.130 e. The van der Waals surface area contributed by atoms with Crippen molar-refractivity contribution in [3.8, 4) is 0 Å². The second-order valence-corrected chi connectivity index (χ2v) is 5.97. The fourth-order valence-electron chi connectivity index (χ4n) is 2.38. The van der Waals surface area contributed by atoms with E-state index in [1.165, 1.54) is 25.7 Å². The molecule has 2 rings (SSSR count). The molecule has 1 aliphatic rings. The first kappa shape index (κ1) is 13.3. The topological polar surface area (TPSA) is 75.7 Å². The molecule has 18 heavy (non-hydrogen) atoms. The number of hydrogen-bond donors (Lipinski definition) is 2. The van der Waals surface area contributed by atoms with Crippen LogP contribution in [0.4, 0.5) is 0 Å². The van der Waals surface area contributed by atoms with Crippen LogP contribution in [0.3, 0.4) is 0 Å². The molecule has 0 spiro atoms. The summed E-state index contributed by atoms with van der Waals surface area (Å²) in [7, 11) is 0. The average Bonchev–Trinajstić information content (AvgIpc) is 2.83. The highest BCUT2D eigenvalue weighted by Crippen LogP contribution is 2.32. The van der Waals surface area contributed by atoms with E-state index in [1.807, 2.05) is 13.8 Å². The molecule has 1 aliphatic carbocycles. The third kappa shape index (κ3) is 2.83. The summed E-state index contributed by atoms with van der Waals surface area (Å²) in [4.78, 5) is 0. The molecule has 3 N–H and O–H groups in total. The summed E-state index contributed by atoms with van der Waals surface area (Å²) in [5.74, 6) is 1.95. The van der Waals surface area contributed by atoms with Crippen LogP contribution >= 0.6 is 11.8 Å². The van der Waals surface area contributed by atoms with Gasteiger partial charge >= 0.3 is 0 Å². The second-order valence-electron chi connectivity index (χ2n) is 4.97. The van der Waals surface area contributed by atoms with Crippen LogP contribution in [0.1, 0.15) is 42.5 Å². The lowest BCUT2D eigenvalue weighted by atomic mass is 10.1. The number of nitrogens with two attached hydrogens (primary N) is 1. The van der Waals surface area contributed by atoms with E-state index in [0.717, 1.165) is 33.5 Å². The minimum atomic E-state index is 0.0967. The van der Waals surface area contributed by atoms with Crippen LogP contribution < -0.4 is 5.73 Å². The van der Waals surface area contributed by atoms with Gasteiger partial charge in [0.15, 0.2) is 0 Å². The van der Waals surface area contributed by atoms with Gasteiger partial charge in [0, 0.05) is 5.75 Å². The van der Waals surface area contributed by atoms with Crippen LogP contribution in [-0.2, 0) is 0 Å². The Labute approximate surface area is 112 Å². The molecule has 0 radical (unpaired) electrons. The molecular weight excluding hydrogens is 244 g/mol. The molecular formula is C13H20N4S. The van der Waals surface area contributed by atoms with E-state index in [2.05, 4.69) is 10.2 Å². The maximum Gasteiger partial charge on any atom is 0.130 e. The fourth-order valence-corrected chi connectivity index (χ4v) is 3.61. The molecule has 0 bridgehead atoms. The minimum absolute atomic E-state index is 0.0967. The van der Waals surface area contributed by atoms with E-state index < -0.39 is 0 Å². The van der Waals surface area contributed by atoms with Crippen molar-refractivity contribution in [1.29, 1.82) is 5.41 Å². The molecule has 0 aromatic carbocycles. The summed E-state index contributed by atoms with van der Waals surface area (Å²) in [5, 5.41) is 16.9. The molecule has 1 aromatic heterocycles. The van der Waals surface area contributed by atoms with E-state index in [9.17, 15) is 0 Å². The van der Waals surface area contributed by atoms with Crippen LogP contribution in [0, 0.1) is 25.2 Å². The highest BCUT2D eigenvalue weighted by Gasteiger charge is 2.18. The summed E-state index contributed by atoms with van der Waals surface area (Å²) in [6.45, 7) is 3.86. The van der Waals surface area contributed by atoms with Crippen molar-refractivity contribution < 1.29 is 0 Å². The van der Waals surface area contributed by atoms with Gasteiger partial charge in [-0.05, 0) is 38.2 Å². The third-order valence-corrected chi connectivity index (χ3v) is 4.82. The van der Waals surface area contributed by atoms with Crippen LogP contribution in [0.15, 0.2) is 5.03 Å². The van der Waals surface area contributed by atoms with Gasteiger partial charge in [-0.1, -0.05) is 12.8 Å². The monoisotopic (exact) mass is 264 g/mol. The number of aryl methyl sites for hydroxylation is 1. The van der Waals surface area contributed by atoms with Gasteiger partial charge in [-0.2, -0.15) is 5.10 Å². The summed E-state index contributed by atoms with van der Waals surface area (Å²) < 4.78 is 0. The van der Waals surface area contributed by atoms with E-state index in [4.69, 9.17) is 11.1 Å². The van der Waals surface area contributed by atoms with Crippen molar-refractivity contribution in [1.82, 2.24) is 10.2 Å². The Hall–Kier alpha value is -1.10. The molecule has 0 saturated heterocycles. The second kappa shape index (κ2) is 5.69. The molecule has 98 valence electrons. The minimum Gasteiger partial charge on any atom is -0.384 e. The normalized spacial score (nSPS) is 16.1. The van der Waals surface area contributed by atoms with Gasteiger partial charge < -0.3 is 5.73 Å². The molecule has 0 unspecified atom stereocenters. The van der Waals surface area contributed by atoms with Crippen LogP contribution in [0.2, 0.25) is 0 Å². The lowest BCUT2D eigenvalue weighted by Gasteiger charge is -2.13. The fraction of sp³-hybridized carbons (Fsp3) is 0.615. The third-order valence-electron chi connectivity index (χ3n) is 3.62. The number of rotatable bonds is 4. The van der Waals surface area contributed by atoms with Gasteiger partial charge in [-0.15, -0.1) is 16.9 Å². The Morgan fingerprint density at radius 3 is 2.61 bits per heavy atom. The Morgan fingerprint density at radius 1 is 1.33 bits per heavy atom. The van der Waals surface area contributed by atoms with E-state index in [1.54, 1.807) is 11.8 Å². The van der Waals surface area contributed by atoms with Gasteiger partial charge in [0.05, 0.1) is 11.3 Å². The largest absolute Gasteiger partial charge is 0.384 e. The Bertz CT molecular complexity index is 453. The van der Waals surface area contributed by atoms with Gasteiger partial charge in [0.2, 0.25) is 0 Å². The molecule has 0 atom stereocenters. The summed E-state index contributed by atoms with van der Waals surface area (Å²) in [5.41, 5.74) is 8.27. The van der Waals surface area contributed by atoms with E-state index >= 15 is 0 Å². The molecule has 1 fully saturated rings. The van der Waals surface area contributed by atoms with E-state index in [-0.39, 0.29) is 5.84 Å². The Morgan fingerprint density at radius 2 is 2.00 bits per heavy atom. The first-order valence-corrected chi connectivity index (χ1v) is 7.39. The standard InChI is InChI=1S/C13H20N4S/c1-8-9(2)16-17-13(11(8)12(14)15)18-7-10-5-3-4-6-10/h10H,3-7H2,1-2H3,(H3,14,15). The van der Waals surface area contributed by atoms with Crippen molar-refractivity contribution in [3.63, 3.8) is 0 Å². The first-order valence-electron chi connectivity index (χ1n) is 6.40. The highest BCUT2D eigenvalue weighted by molar-refractivity contribution is 7.99. The summed E-state index contributed by atoms with van der Waals surface area (Å²) in [6, 6.07) is 0. The Balaban J connectivity index is 2.16. The number of hydrogen-bond acceptors (Lipinski definition) is 4. The zero-order valence-corrected chi connectivity index (χ0v) is 11.8. The lowest BCUT2D eigenvalue weighted by Crippen LogP contribution is -2.17. The van der Waals surface area contributed by atoms with Gasteiger partial charge in [0.1, 0.15) is 10.9 Å². The number of amidine groups is 1. The zero-order valence-electron chi connectivity index (χ0n) is 11.0. The number of nitrogens with zero attached hydrogens (tertiary/aromatic N) is 2. The van der Waals surface area contributed by atoms with Gasteiger partial charge in [-0.3, -0.25) is 5.41 Å². The molecule has 1 heterocycles. The molecule has 0 aliphatic heterocycles. The maximum atomic E-state index is 7.70. The van der Waals surface area contributed by atoms with Gasteiger partial charge in [-0.25, -0.2) is 0 Å². The average molecular weight is 264 g/mol. The van der Waals surface area contributed by atoms with Crippen LogP contribution in [-0.4, -0.2) is 21.8 Å².